The smallest absolute Gasteiger partial charge is 0.407 e. The van der Waals surface area contributed by atoms with Crippen molar-refractivity contribution in [2.24, 2.45) is 10.8 Å². The van der Waals surface area contributed by atoms with Crippen LogP contribution >= 0.6 is 0 Å². The molecule has 2 N–H and O–H groups in total. The molecule has 3 aliphatic heterocycles. The molecule has 4 rings (SSSR count). The molecule has 2 spiro atoms. The predicted molar refractivity (Wildman–Crippen MR) is 85.1 cm³/mol. The minimum Gasteiger partial charge on any atom is -0.465 e. The van der Waals surface area contributed by atoms with Crippen molar-refractivity contribution in [2.75, 3.05) is 26.2 Å². The van der Waals surface area contributed by atoms with Gasteiger partial charge in [0.05, 0.1) is 0 Å². The summed E-state index contributed by atoms with van der Waals surface area (Å²) in [7, 11) is 0. The number of nitrogens with one attached hydrogen (secondary N) is 1. The van der Waals surface area contributed by atoms with Crippen LogP contribution in [-0.2, 0) is 4.79 Å². The average molecular weight is 321 g/mol. The van der Waals surface area contributed by atoms with Crippen LogP contribution < -0.4 is 5.32 Å². The Hall–Kier alpha value is -1.30. The van der Waals surface area contributed by atoms with Crippen LogP contribution in [0.3, 0.4) is 0 Å². The number of nitrogens with zero attached hydrogens (tertiary/aromatic N) is 2. The van der Waals surface area contributed by atoms with Crippen molar-refractivity contribution in [3.8, 4) is 0 Å². The summed E-state index contributed by atoms with van der Waals surface area (Å²) in [6, 6.07) is 0.853. The van der Waals surface area contributed by atoms with Gasteiger partial charge in [0.2, 0.25) is 5.91 Å². The zero-order valence-electron chi connectivity index (χ0n) is 13.9. The predicted octanol–water partition coefficient (Wildman–Crippen LogP) is 1.51. The summed E-state index contributed by atoms with van der Waals surface area (Å²) in [5.74, 6) is 0.218. The second kappa shape index (κ2) is 5.10. The molecule has 1 unspecified atom stereocenters. The first-order valence-electron chi connectivity index (χ1n) is 8.97. The van der Waals surface area contributed by atoms with Gasteiger partial charge in [0.25, 0.3) is 0 Å². The Bertz CT molecular complexity index is 521. The van der Waals surface area contributed by atoms with Crippen LogP contribution in [0.4, 0.5) is 4.79 Å². The van der Waals surface area contributed by atoms with Crippen molar-refractivity contribution in [1.82, 2.24) is 15.1 Å². The number of rotatable bonds is 2. The molecule has 128 valence electrons. The average Bonchev–Trinajstić information content (AvgIpc) is 2.79. The number of piperidine rings is 1. The van der Waals surface area contributed by atoms with E-state index in [2.05, 4.69) is 17.1 Å². The van der Waals surface area contributed by atoms with Crippen molar-refractivity contribution in [1.29, 1.82) is 0 Å². The summed E-state index contributed by atoms with van der Waals surface area (Å²) >= 11 is 0. The van der Waals surface area contributed by atoms with Crippen molar-refractivity contribution in [3.63, 3.8) is 0 Å². The van der Waals surface area contributed by atoms with Crippen LogP contribution in [0.15, 0.2) is 0 Å². The fourth-order valence-corrected chi connectivity index (χ4v) is 5.63. The first-order valence-corrected chi connectivity index (χ1v) is 8.97. The molecule has 1 aliphatic carbocycles. The zero-order valence-corrected chi connectivity index (χ0v) is 13.9. The highest BCUT2D eigenvalue weighted by Crippen LogP contribution is 2.56. The van der Waals surface area contributed by atoms with E-state index in [9.17, 15) is 14.7 Å². The molecule has 1 saturated carbocycles. The van der Waals surface area contributed by atoms with Gasteiger partial charge in [-0.2, -0.15) is 0 Å². The molecule has 2 amide bonds. The lowest BCUT2D eigenvalue weighted by atomic mass is 9.54. The van der Waals surface area contributed by atoms with Crippen LogP contribution in [0.1, 0.15) is 45.4 Å². The van der Waals surface area contributed by atoms with Gasteiger partial charge in [0.15, 0.2) is 0 Å². The SMILES string of the molecule is CCC1N(C(=O)O)CC12CC(N1CCC3(CC1)CNC(=O)C3)C2. The van der Waals surface area contributed by atoms with E-state index < -0.39 is 6.09 Å². The third kappa shape index (κ3) is 2.25. The molecular formula is C17H27N3O3. The lowest BCUT2D eigenvalue weighted by Gasteiger charge is -2.65. The second-order valence-corrected chi connectivity index (χ2v) is 8.25. The highest BCUT2D eigenvalue weighted by Gasteiger charge is 2.61. The van der Waals surface area contributed by atoms with Crippen LogP contribution in [0.25, 0.3) is 0 Å². The first-order chi connectivity index (χ1) is 11.0. The Morgan fingerprint density at radius 3 is 2.57 bits per heavy atom. The van der Waals surface area contributed by atoms with E-state index >= 15 is 0 Å². The van der Waals surface area contributed by atoms with E-state index in [1.54, 1.807) is 4.90 Å². The zero-order chi connectivity index (χ0) is 16.2. The number of carbonyl (C=O) groups is 2. The molecule has 0 aromatic carbocycles. The molecule has 3 saturated heterocycles. The lowest BCUT2D eigenvalue weighted by Crippen LogP contribution is -2.73. The maximum absolute atomic E-state index is 11.5. The van der Waals surface area contributed by atoms with Gasteiger partial charge in [0, 0.05) is 37.0 Å². The number of amides is 2. The molecule has 23 heavy (non-hydrogen) atoms. The summed E-state index contributed by atoms with van der Waals surface area (Å²) in [5, 5.41) is 12.2. The maximum atomic E-state index is 11.5. The number of carbonyl (C=O) groups excluding carboxylic acids is 1. The molecule has 1 atom stereocenters. The number of carboxylic acid groups (broad SMARTS) is 1. The minimum atomic E-state index is -0.760. The Morgan fingerprint density at radius 2 is 2.04 bits per heavy atom. The highest BCUT2D eigenvalue weighted by molar-refractivity contribution is 5.79. The Kier molecular flexibility index (Phi) is 3.38. The molecule has 3 heterocycles. The molecule has 0 bridgehead atoms. The molecule has 6 heteroatoms. The number of likely N-dealkylation sites (tertiary alicyclic amines) is 2. The van der Waals surface area contributed by atoms with Gasteiger partial charge >= 0.3 is 6.09 Å². The lowest BCUT2D eigenvalue weighted by molar-refractivity contribution is -0.150. The summed E-state index contributed by atoms with van der Waals surface area (Å²) in [6.45, 7) is 5.88. The van der Waals surface area contributed by atoms with E-state index in [-0.39, 0.29) is 22.8 Å². The van der Waals surface area contributed by atoms with E-state index in [0.717, 1.165) is 58.3 Å². The molecule has 4 aliphatic rings. The van der Waals surface area contributed by atoms with E-state index in [1.165, 1.54) is 0 Å². The third-order valence-corrected chi connectivity index (χ3v) is 7.06. The Morgan fingerprint density at radius 1 is 1.35 bits per heavy atom. The molecular weight excluding hydrogens is 294 g/mol. The van der Waals surface area contributed by atoms with Crippen LogP contribution in [0.2, 0.25) is 0 Å². The molecule has 0 aromatic heterocycles. The molecule has 6 nitrogen and oxygen atoms in total. The van der Waals surface area contributed by atoms with Crippen molar-refractivity contribution in [3.05, 3.63) is 0 Å². The van der Waals surface area contributed by atoms with Crippen LogP contribution in [0.5, 0.6) is 0 Å². The number of hydrogen-bond donors (Lipinski definition) is 2. The standard InChI is InChI=1S/C17H27N3O3/c1-2-13-17(11-20(13)15(22)23)7-12(8-17)19-5-3-16(4-6-19)9-14(21)18-10-16/h12-13H,2-11H2,1H3,(H,18,21)(H,22,23). The molecule has 0 aromatic rings. The van der Waals surface area contributed by atoms with E-state index in [0.29, 0.717) is 12.5 Å². The van der Waals surface area contributed by atoms with Crippen molar-refractivity contribution < 1.29 is 14.7 Å². The van der Waals surface area contributed by atoms with Gasteiger partial charge in [-0.15, -0.1) is 0 Å². The molecule has 4 fully saturated rings. The van der Waals surface area contributed by atoms with Gasteiger partial charge in [-0.05, 0) is 50.6 Å². The van der Waals surface area contributed by atoms with Gasteiger partial charge in [-0.1, -0.05) is 6.92 Å². The summed E-state index contributed by atoms with van der Waals surface area (Å²) in [6.07, 6.45) is 5.42. The quantitative estimate of drug-likeness (QED) is 0.808. The minimum absolute atomic E-state index is 0.218. The highest BCUT2D eigenvalue weighted by atomic mass is 16.4. The third-order valence-electron chi connectivity index (χ3n) is 7.06. The van der Waals surface area contributed by atoms with Gasteiger partial charge < -0.3 is 20.2 Å². The van der Waals surface area contributed by atoms with Gasteiger partial charge in [0.1, 0.15) is 0 Å². The van der Waals surface area contributed by atoms with Crippen molar-refractivity contribution in [2.45, 2.75) is 57.5 Å². The normalized spacial score (nSPS) is 39.2. The summed E-state index contributed by atoms with van der Waals surface area (Å²) in [5.41, 5.74) is 0.482. The summed E-state index contributed by atoms with van der Waals surface area (Å²) < 4.78 is 0. The fraction of sp³-hybridized carbons (Fsp3) is 0.882. The largest absolute Gasteiger partial charge is 0.465 e. The van der Waals surface area contributed by atoms with E-state index in [1.807, 2.05) is 0 Å². The van der Waals surface area contributed by atoms with E-state index in [4.69, 9.17) is 0 Å². The van der Waals surface area contributed by atoms with Crippen LogP contribution in [0, 0.1) is 10.8 Å². The van der Waals surface area contributed by atoms with Crippen LogP contribution in [-0.4, -0.2) is 65.2 Å². The Labute approximate surface area is 137 Å². The Balaban J connectivity index is 1.30. The fourth-order valence-electron chi connectivity index (χ4n) is 5.63. The monoisotopic (exact) mass is 321 g/mol. The van der Waals surface area contributed by atoms with Crippen molar-refractivity contribution >= 4 is 12.0 Å². The number of hydrogen-bond acceptors (Lipinski definition) is 3. The topological polar surface area (TPSA) is 72.9 Å². The first kappa shape index (κ1) is 15.2. The second-order valence-electron chi connectivity index (χ2n) is 8.25. The maximum Gasteiger partial charge on any atom is 0.407 e. The summed E-state index contributed by atoms with van der Waals surface area (Å²) in [4.78, 5) is 26.9. The van der Waals surface area contributed by atoms with Gasteiger partial charge in [-0.25, -0.2) is 4.79 Å². The van der Waals surface area contributed by atoms with Gasteiger partial charge in [-0.3, -0.25) is 4.79 Å². The molecule has 0 radical (unpaired) electrons.